The van der Waals surface area contributed by atoms with E-state index in [1.165, 1.54) is 16.8 Å². The smallest absolute Gasteiger partial charge is 0.420 e. The number of rotatable bonds is 8. The van der Waals surface area contributed by atoms with Crippen molar-refractivity contribution in [3.05, 3.63) is 64.6 Å². The molecule has 0 bridgehead atoms. The van der Waals surface area contributed by atoms with Crippen molar-refractivity contribution in [3.8, 4) is 5.75 Å². The van der Waals surface area contributed by atoms with Crippen molar-refractivity contribution in [1.29, 1.82) is 0 Å². The number of pyridine rings is 1. The van der Waals surface area contributed by atoms with Crippen molar-refractivity contribution in [2.24, 2.45) is 0 Å². The van der Waals surface area contributed by atoms with Gasteiger partial charge >= 0.3 is 18.1 Å². The molecule has 2 aliphatic heterocycles. The molecule has 0 radical (unpaired) electrons. The maximum atomic E-state index is 15.1. The van der Waals surface area contributed by atoms with E-state index < -0.39 is 35.0 Å². The van der Waals surface area contributed by atoms with Crippen LogP contribution in [-0.4, -0.2) is 81.5 Å². The number of piperidine rings is 2. The van der Waals surface area contributed by atoms with Crippen LogP contribution < -0.4 is 15.6 Å². The molecule has 1 aromatic heterocycles. The largest absolute Gasteiger partial charge is 0.489 e. The quantitative estimate of drug-likeness (QED) is 0.390. The molecule has 252 valence electrons. The monoisotopic (exact) mass is 639 g/mol. The number of aromatic nitrogens is 1. The zero-order chi connectivity index (χ0) is 33.5. The molecule has 1 aromatic carbocycles. The number of carbonyl (C=O) groups is 3. The van der Waals surface area contributed by atoms with E-state index in [0.717, 1.165) is 55.7 Å². The summed E-state index contributed by atoms with van der Waals surface area (Å²) >= 11 is 0. The summed E-state index contributed by atoms with van der Waals surface area (Å²) in [4.78, 5) is 57.1. The van der Waals surface area contributed by atoms with Crippen LogP contribution in [-0.2, 0) is 27.4 Å². The van der Waals surface area contributed by atoms with E-state index in [0.29, 0.717) is 18.8 Å². The summed E-state index contributed by atoms with van der Waals surface area (Å²) in [6, 6.07) is 11.3. The molecule has 2 aliphatic rings. The molecule has 0 aliphatic carbocycles. The van der Waals surface area contributed by atoms with Gasteiger partial charge in [-0.05, 0) is 72.4 Å². The third-order valence-corrected chi connectivity index (χ3v) is 8.42. The standard InChI is InChI=1S/C35H51N4O7/c1-34(2,3)45-32(42)38(33(43)46-35(4,5)6)29(31(41)39(21-11-8-12-22-39)27-15-18-36-19-16-27)24-37-20-17-28(23-30(37)40)44-25-26-13-9-7-10-14-26/h7,9-10,13-14,17,20,23,27,29,36H,8,11-12,15-16,18-19,21-22,24-25H2,1-6H3/q+1. The van der Waals surface area contributed by atoms with E-state index >= 15 is 4.79 Å². The summed E-state index contributed by atoms with van der Waals surface area (Å²) in [6.45, 7) is 13.0. The lowest BCUT2D eigenvalue weighted by Crippen LogP contribution is -2.69. The van der Waals surface area contributed by atoms with Gasteiger partial charge in [0.1, 0.15) is 23.6 Å². The van der Waals surface area contributed by atoms with Crippen LogP contribution in [0.2, 0.25) is 0 Å². The Hall–Kier alpha value is -3.70. The summed E-state index contributed by atoms with van der Waals surface area (Å²) in [7, 11) is 0. The summed E-state index contributed by atoms with van der Waals surface area (Å²) in [5.41, 5.74) is -1.38. The maximum absolute atomic E-state index is 15.1. The molecule has 4 rings (SSSR count). The Morgan fingerprint density at radius 3 is 2.04 bits per heavy atom. The van der Waals surface area contributed by atoms with Gasteiger partial charge in [0, 0.05) is 38.2 Å². The highest BCUT2D eigenvalue weighted by molar-refractivity contribution is 5.94. The molecule has 0 spiro atoms. The number of nitrogens with zero attached hydrogens (tertiary/aromatic N) is 3. The van der Waals surface area contributed by atoms with Gasteiger partial charge in [0.25, 0.3) is 5.56 Å². The summed E-state index contributed by atoms with van der Waals surface area (Å²) < 4.78 is 18.8. The minimum Gasteiger partial charge on any atom is -0.489 e. The molecular weight excluding hydrogens is 588 g/mol. The van der Waals surface area contributed by atoms with Gasteiger partial charge in [-0.3, -0.25) is 9.28 Å². The molecule has 3 heterocycles. The average molecular weight is 640 g/mol. The zero-order valence-electron chi connectivity index (χ0n) is 28.3. The van der Waals surface area contributed by atoms with E-state index in [1.54, 1.807) is 47.6 Å². The Bertz CT molecular complexity index is 1370. The van der Waals surface area contributed by atoms with Gasteiger partial charge in [-0.15, -0.1) is 0 Å². The molecule has 1 unspecified atom stereocenters. The molecule has 2 aromatic rings. The van der Waals surface area contributed by atoms with Gasteiger partial charge in [0.15, 0.2) is 6.04 Å². The number of hydrogen-bond acceptors (Lipinski definition) is 8. The number of amides is 3. The number of carbonyl (C=O) groups excluding carboxylic acids is 3. The number of quaternary nitrogens is 1. The Morgan fingerprint density at radius 1 is 0.913 bits per heavy atom. The number of nitrogens with one attached hydrogen (secondary N) is 1. The lowest BCUT2D eigenvalue weighted by Gasteiger charge is -2.48. The van der Waals surface area contributed by atoms with Gasteiger partial charge in [0.05, 0.1) is 25.7 Å². The Kier molecular flexibility index (Phi) is 11.3. The molecular formula is C35H51N4O7+. The fourth-order valence-corrected chi connectivity index (χ4v) is 6.32. The third-order valence-electron chi connectivity index (χ3n) is 8.42. The first kappa shape index (κ1) is 35.2. The van der Waals surface area contributed by atoms with Gasteiger partial charge in [-0.25, -0.2) is 14.4 Å². The molecule has 2 fully saturated rings. The molecule has 1 atom stereocenters. The van der Waals surface area contributed by atoms with Crippen molar-refractivity contribution < 1.29 is 33.1 Å². The molecule has 1 N–H and O–H groups in total. The normalized spacial score (nSPS) is 17.9. The van der Waals surface area contributed by atoms with E-state index in [9.17, 15) is 14.4 Å². The molecule has 11 heteroatoms. The predicted molar refractivity (Wildman–Crippen MR) is 174 cm³/mol. The van der Waals surface area contributed by atoms with Crippen LogP contribution in [0.3, 0.4) is 0 Å². The van der Waals surface area contributed by atoms with E-state index in [-0.39, 0.29) is 29.6 Å². The zero-order valence-corrected chi connectivity index (χ0v) is 28.3. The SMILES string of the molecule is CC(C)(C)OC(=O)N(C(=O)OC(C)(C)C)C(Cn1ccc(OCc2ccccc2)cc1=O)C(=O)[N+]1(C2CCNCC2)CCCCC1. The highest BCUT2D eigenvalue weighted by Gasteiger charge is 2.53. The lowest BCUT2D eigenvalue weighted by molar-refractivity contribution is -0.886. The summed E-state index contributed by atoms with van der Waals surface area (Å²) in [5.74, 6) is 0.0954. The summed E-state index contributed by atoms with van der Waals surface area (Å²) in [5, 5.41) is 3.39. The van der Waals surface area contributed by atoms with Crippen molar-refractivity contribution in [1.82, 2.24) is 14.8 Å². The van der Waals surface area contributed by atoms with Crippen LogP contribution in [0.4, 0.5) is 9.59 Å². The van der Waals surface area contributed by atoms with Crippen LogP contribution in [0, 0.1) is 0 Å². The number of likely N-dealkylation sites (tertiary alicyclic amines) is 1. The van der Waals surface area contributed by atoms with E-state index in [1.807, 2.05) is 30.3 Å². The van der Waals surface area contributed by atoms with Crippen molar-refractivity contribution in [2.45, 2.75) is 110 Å². The van der Waals surface area contributed by atoms with Gasteiger partial charge in [0.2, 0.25) is 0 Å². The minimum atomic E-state index is -1.36. The molecule has 11 nitrogen and oxygen atoms in total. The third kappa shape index (κ3) is 9.19. The van der Waals surface area contributed by atoms with Crippen LogP contribution in [0.25, 0.3) is 0 Å². The number of imide groups is 1. The first-order valence-electron chi connectivity index (χ1n) is 16.4. The second-order valence-electron chi connectivity index (χ2n) is 14.3. The predicted octanol–water partition coefficient (Wildman–Crippen LogP) is 5.25. The number of hydrogen-bond donors (Lipinski definition) is 1. The van der Waals surface area contributed by atoms with Gasteiger partial charge in [-0.2, -0.15) is 4.90 Å². The Balaban J connectivity index is 1.75. The van der Waals surface area contributed by atoms with E-state index in [2.05, 4.69) is 5.32 Å². The van der Waals surface area contributed by atoms with Gasteiger partial charge in [-0.1, -0.05) is 30.3 Å². The van der Waals surface area contributed by atoms with Crippen molar-refractivity contribution in [3.63, 3.8) is 0 Å². The van der Waals surface area contributed by atoms with Crippen LogP contribution in [0.15, 0.2) is 53.5 Å². The fraction of sp³-hybridized carbons (Fsp3) is 0.600. The summed E-state index contributed by atoms with van der Waals surface area (Å²) in [6.07, 6.45) is 3.87. The average Bonchev–Trinajstić information content (AvgIpc) is 3.00. The second kappa shape index (κ2) is 14.8. The van der Waals surface area contributed by atoms with Crippen LogP contribution in [0.1, 0.15) is 79.2 Å². The Morgan fingerprint density at radius 2 is 1.50 bits per heavy atom. The van der Waals surface area contributed by atoms with Crippen LogP contribution >= 0.6 is 0 Å². The second-order valence-corrected chi connectivity index (χ2v) is 14.3. The highest BCUT2D eigenvalue weighted by Crippen LogP contribution is 2.32. The minimum absolute atomic E-state index is 0.0288. The molecule has 46 heavy (non-hydrogen) atoms. The lowest BCUT2D eigenvalue weighted by atomic mass is 9.94. The highest BCUT2D eigenvalue weighted by atomic mass is 16.6. The topological polar surface area (TPSA) is 116 Å². The fourth-order valence-electron chi connectivity index (χ4n) is 6.32. The first-order chi connectivity index (χ1) is 21.7. The molecule has 0 saturated carbocycles. The maximum Gasteiger partial charge on any atom is 0.420 e. The molecule has 3 amide bonds. The number of benzene rings is 1. The Labute approximate surface area is 272 Å². The van der Waals surface area contributed by atoms with Crippen molar-refractivity contribution in [2.75, 3.05) is 26.2 Å². The first-order valence-corrected chi connectivity index (χ1v) is 16.4. The van der Waals surface area contributed by atoms with Crippen molar-refractivity contribution >= 4 is 18.1 Å². The van der Waals surface area contributed by atoms with Gasteiger partial charge < -0.3 is 24.1 Å². The van der Waals surface area contributed by atoms with E-state index in [4.69, 9.17) is 14.2 Å². The molecule has 2 saturated heterocycles. The number of ether oxygens (including phenoxy) is 3. The van der Waals surface area contributed by atoms with Crippen LogP contribution in [0.5, 0.6) is 5.75 Å².